The molecule has 2 aromatic carbocycles. The van der Waals surface area contributed by atoms with Gasteiger partial charge in [-0.15, -0.1) is 0 Å². The first-order chi connectivity index (χ1) is 20.2. The van der Waals surface area contributed by atoms with Crippen molar-refractivity contribution in [1.29, 1.82) is 0 Å². The maximum Gasteiger partial charge on any atom is 0.165 e. The number of fused-ring (bicyclic) bond motifs is 5. The Morgan fingerprint density at radius 1 is 0.805 bits per heavy atom. The molecule has 0 spiro atoms. The summed E-state index contributed by atoms with van der Waals surface area (Å²) >= 11 is 0. The number of para-hydroxylation sites is 1. The van der Waals surface area contributed by atoms with Crippen LogP contribution < -0.4 is 10.7 Å². The van der Waals surface area contributed by atoms with Crippen LogP contribution in [0.4, 0.5) is 0 Å². The lowest BCUT2D eigenvalue weighted by Gasteiger charge is -2.11. The number of nitrogens with zero attached hydrogens (tertiary/aromatic N) is 7. The Balaban J connectivity index is 1.38. The molecule has 0 amide bonds. The number of hydrogen-bond donors (Lipinski definition) is 0. The molecule has 4 heterocycles. The Labute approximate surface area is 236 Å². The highest BCUT2D eigenvalue weighted by molar-refractivity contribution is 5.93. The number of benzene rings is 2. The summed E-state index contributed by atoms with van der Waals surface area (Å²) in [6, 6.07) is 22.7. The van der Waals surface area contributed by atoms with Crippen LogP contribution in [0.1, 0.15) is 18.7 Å². The Bertz CT molecular complexity index is 2120. The third-order valence-electron chi connectivity index (χ3n) is 7.21. The van der Waals surface area contributed by atoms with Crippen LogP contribution in [0.5, 0.6) is 0 Å². The normalized spacial score (nSPS) is 12.9. The first-order valence-corrected chi connectivity index (χ1v) is 13.4. The summed E-state index contributed by atoms with van der Waals surface area (Å²) < 4.78 is 2.34. The molecular weight excluding hydrogens is 506 g/mol. The zero-order chi connectivity index (χ0) is 27.8. The molecule has 0 radical (unpaired) electrons. The summed E-state index contributed by atoms with van der Waals surface area (Å²) in [5.74, 6) is 1.52. The van der Waals surface area contributed by atoms with E-state index in [-0.39, 0.29) is 0 Å². The van der Waals surface area contributed by atoms with Gasteiger partial charge in [0.1, 0.15) is 0 Å². The minimum atomic E-state index is 0.463. The van der Waals surface area contributed by atoms with E-state index in [4.69, 9.17) is 15.0 Å². The van der Waals surface area contributed by atoms with Gasteiger partial charge in [0.2, 0.25) is 0 Å². The molecule has 0 saturated carbocycles. The van der Waals surface area contributed by atoms with Gasteiger partial charge in [-0.3, -0.25) is 9.98 Å². The molecule has 0 saturated heterocycles. The molecule has 7 nitrogen and oxygen atoms in total. The molecule has 0 aliphatic heterocycles. The second-order valence-electron chi connectivity index (χ2n) is 9.74. The van der Waals surface area contributed by atoms with Gasteiger partial charge < -0.3 is 4.40 Å². The Hall–Kier alpha value is -5.56. The van der Waals surface area contributed by atoms with Crippen molar-refractivity contribution in [2.75, 3.05) is 0 Å². The van der Waals surface area contributed by atoms with Crippen molar-refractivity contribution >= 4 is 40.9 Å². The molecule has 196 valence electrons. The summed E-state index contributed by atoms with van der Waals surface area (Å²) in [5, 5.41) is 3.38. The lowest BCUT2D eigenvalue weighted by Crippen LogP contribution is -2.36. The van der Waals surface area contributed by atoms with Gasteiger partial charge >= 0.3 is 0 Å². The van der Waals surface area contributed by atoms with E-state index >= 15 is 0 Å². The highest BCUT2D eigenvalue weighted by Crippen LogP contribution is 2.29. The fourth-order valence-corrected chi connectivity index (χ4v) is 5.27. The monoisotopic (exact) mass is 531 g/mol. The summed E-state index contributed by atoms with van der Waals surface area (Å²) in [6.45, 7) is 7.46. The van der Waals surface area contributed by atoms with Gasteiger partial charge in [-0.05, 0) is 43.8 Å². The first kappa shape index (κ1) is 24.5. The second kappa shape index (κ2) is 10.2. The molecule has 0 bridgehead atoms. The summed E-state index contributed by atoms with van der Waals surface area (Å²) in [5.41, 5.74) is 6.53. The largest absolute Gasteiger partial charge is 0.306 e. The number of pyridine rings is 1. The van der Waals surface area contributed by atoms with Crippen molar-refractivity contribution < 1.29 is 0 Å². The Morgan fingerprint density at radius 3 is 2.37 bits per heavy atom. The number of rotatable bonds is 6. The van der Waals surface area contributed by atoms with E-state index in [9.17, 15) is 0 Å². The predicted molar refractivity (Wildman–Crippen MR) is 165 cm³/mol. The molecular formula is C34H25N7. The molecule has 41 heavy (non-hydrogen) atoms. The van der Waals surface area contributed by atoms with Crippen molar-refractivity contribution in [3.8, 4) is 34.0 Å². The summed E-state index contributed by atoms with van der Waals surface area (Å²) in [7, 11) is 0. The average molecular weight is 532 g/mol. The number of allylic oxidation sites excluding steroid dienone is 2. The van der Waals surface area contributed by atoms with Crippen molar-refractivity contribution in [1.82, 2.24) is 29.3 Å². The van der Waals surface area contributed by atoms with Crippen LogP contribution in [0.25, 0.3) is 68.2 Å². The van der Waals surface area contributed by atoms with Crippen LogP contribution in [0.15, 0.2) is 103 Å². The highest BCUT2D eigenvalue weighted by atomic mass is 15.0. The number of aromatic nitrogens is 6. The molecule has 6 aromatic rings. The van der Waals surface area contributed by atoms with Gasteiger partial charge in [-0.1, -0.05) is 67.3 Å². The quantitative estimate of drug-likeness (QED) is 0.205. The second-order valence-corrected chi connectivity index (χ2v) is 9.74. The zero-order valence-corrected chi connectivity index (χ0v) is 22.3. The van der Waals surface area contributed by atoms with Gasteiger partial charge in [-0.25, -0.2) is 19.9 Å². The van der Waals surface area contributed by atoms with Gasteiger partial charge in [0.05, 0.1) is 27.4 Å². The van der Waals surface area contributed by atoms with Gasteiger partial charge in [0.15, 0.2) is 17.5 Å². The van der Waals surface area contributed by atoms with Crippen LogP contribution in [0, 0.1) is 0 Å². The third kappa shape index (κ3) is 4.33. The van der Waals surface area contributed by atoms with Crippen LogP contribution in [0.2, 0.25) is 0 Å². The standard InChI is InChI=1S/C34H25N7/c1-3-22(20-35-2)32-38-33(40-34(39-32)26-10-8-18-36-21-26)24-16-14-23(15-17-24)31-30-19-25-9-4-6-12-28(25)41(30)29-13-7-5-11-27(29)37-31/h3-4,6,8-21H,1-2,5,7H2/b22-20+. The predicted octanol–water partition coefficient (Wildman–Crippen LogP) is 5.65. The average Bonchev–Trinajstić information content (AvgIpc) is 3.43. The van der Waals surface area contributed by atoms with E-state index < -0.39 is 0 Å². The molecule has 7 rings (SSSR count). The minimum absolute atomic E-state index is 0.463. The van der Waals surface area contributed by atoms with Crippen LogP contribution >= 0.6 is 0 Å². The maximum atomic E-state index is 5.14. The molecule has 0 unspecified atom stereocenters. The van der Waals surface area contributed by atoms with E-state index in [0.717, 1.165) is 51.4 Å². The topological polar surface area (TPSA) is 81.2 Å². The molecule has 0 fully saturated rings. The zero-order valence-electron chi connectivity index (χ0n) is 22.3. The van der Waals surface area contributed by atoms with Crippen molar-refractivity contribution in [2.24, 2.45) is 4.99 Å². The lowest BCUT2D eigenvalue weighted by molar-refractivity contribution is 1.01. The van der Waals surface area contributed by atoms with Gasteiger partial charge in [0, 0.05) is 46.2 Å². The smallest absolute Gasteiger partial charge is 0.165 e. The molecule has 0 N–H and O–H groups in total. The van der Waals surface area contributed by atoms with Crippen LogP contribution in [-0.2, 0) is 0 Å². The fourth-order valence-electron chi connectivity index (χ4n) is 5.27. The summed E-state index contributed by atoms with van der Waals surface area (Å²) in [4.78, 5) is 27.5. The van der Waals surface area contributed by atoms with E-state index in [1.807, 2.05) is 24.3 Å². The molecule has 0 atom stereocenters. The minimum Gasteiger partial charge on any atom is -0.306 e. The SMILES string of the molecule is C=C/C(=C\N=C)c1nc(-c2ccc(-c3nc4c(n5c3cc3ccccc35)=CCCC=4)cc2)nc(-c2cccnc2)n1. The van der Waals surface area contributed by atoms with E-state index in [1.54, 1.807) is 24.7 Å². The van der Waals surface area contributed by atoms with E-state index in [2.05, 4.69) is 87.3 Å². The van der Waals surface area contributed by atoms with Crippen LogP contribution in [-0.4, -0.2) is 36.0 Å². The molecule has 1 aliphatic carbocycles. The Morgan fingerprint density at radius 2 is 1.59 bits per heavy atom. The van der Waals surface area contributed by atoms with Crippen molar-refractivity contribution in [3.05, 3.63) is 115 Å². The van der Waals surface area contributed by atoms with Crippen molar-refractivity contribution in [2.45, 2.75) is 12.8 Å². The number of hydrogen-bond acceptors (Lipinski definition) is 6. The van der Waals surface area contributed by atoms with Crippen LogP contribution in [0.3, 0.4) is 0 Å². The van der Waals surface area contributed by atoms with Gasteiger partial charge in [-0.2, -0.15) is 0 Å². The van der Waals surface area contributed by atoms with E-state index in [0.29, 0.717) is 23.0 Å². The maximum absolute atomic E-state index is 5.14. The Kier molecular flexibility index (Phi) is 6.09. The highest BCUT2D eigenvalue weighted by Gasteiger charge is 2.16. The molecule has 7 heteroatoms. The number of aliphatic imine (C=N–C) groups is 1. The molecule has 1 aliphatic rings. The third-order valence-corrected chi connectivity index (χ3v) is 7.21. The first-order valence-electron chi connectivity index (χ1n) is 13.4. The fraction of sp³-hybridized carbons (Fsp3) is 0.0588. The van der Waals surface area contributed by atoms with Crippen molar-refractivity contribution in [3.63, 3.8) is 0 Å². The lowest BCUT2D eigenvalue weighted by atomic mass is 10.1. The summed E-state index contributed by atoms with van der Waals surface area (Å²) in [6.07, 6.45) is 13.2. The van der Waals surface area contributed by atoms with E-state index in [1.165, 1.54) is 10.9 Å². The van der Waals surface area contributed by atoms with Gasteiger partial charge in [0.25, 0.3) is 0 Å². The molecule has 4 aromatic heterocycles.